The lowest BCUT2D eigenvalue weighted by Gasteiger charge is -2.14. The molecule has 0 fully saturated rings. The molecule has 0 aliphatic carbocycles. The third kappa shape index (κ3) is 3.40. The zero-order chi connectivity index (χ0) is 18.0. The summed E-state index contributed by atoms with van der Waals surface area (Å²) in [7, 11) is 0. The van der Waals surface area contributed by atoms with Crippen LogP contribution in [0.2, 0.25) is 0 Å². The predicted molar refractivity (Wildman–Crippen MR) is 89.9 cm³/mol. The number of nitrogens with zero attached hydrogens (tertiary/aromatic N) is 2. The number of rotatable bonds is 4. The maximum Gasteiger partial charge on any atom is 0.341 e. The van der Waals surface area contributed by atoms with E-state index in [9.17, 15) is 13.6 Å². The molecule has 25 heavy (non-hydrogen) atoms. The largest absolute Gasteiger partial charge is 0.462 e. The highest BCUT2D eigenvalue weighted by Gasteiger charge is 2.18. The molecule has 0 aliphatic rings. The van der Waals surface area contributed by atoms with E-state index in [1.807, 2.05) is 0 Å². The standard InChI is InChI=1S/C18H15F2N3O2/c1-3-25-18(24)13-9-21-17-12(6-4-10(2)22-17)16(13)23-15-8-11(19)5-7-14(15)20/h4-9H,3H2,1-2H3,(H,21,22,23). The third-order valence-electron chi connectivity index (χ3n) is 3.55. The first-order valence-electron chi connectivity index (χ1n) is 7.65. The molecule has 0 atom stereocenters. The maximum absolute atomic E-state index is 14.0. The fourth-order valence-corrected chi connectivity index (χ4v) is 2.40. The van der Waals surface area contributed by atoms with Crippen LogP contribution in [0.15, 0.2) is 36.5 Å². The summed E-state index contributed by atoms with van der Waals surface area (Å²) < 4.78 is 32.5. The van der Waals surface area contributed by atoms with Crippen molar-refractivity contribution in [3.8, 4) is 0 Å². The van der Waals surface area contributed by atoms with Crippen molar-refractivity contribution in [3.63, 3.8) is 0 Å². The number of carbonyl (C=O) groups excluding carboxylic acids is 1. The summed E-state index contributed by atoms with van der Waals surface area (Å²) in [6.07, 6.45) is 1.31. The number of hydrogen-bond acceptors (Lipinski definition) is 5. The summed E-state index contributed by atoms with van der Waals surface area (Å²) >= 11 is 0. The van der Waals surface area contributed by atoms with Gasteiger partial charge in [-0.15, -0.1) is 0 Å². The van der Waals surface area contributed by atoms with Crippen LogP contribution in [0.25, 0.3) is 11.0 Å². The molecule has 2 aromatic heterocycles. The molecule has 0 saturated carbocycles. The normalized spacial score (nSPS) is 10.7. The SMILES string of the molecule is CCOC(=O)c1cnc2nc(C)ccc2c1Nc1cc(F)ccc1F. The highest BCUT2D eigenvalue weighted by atomic mass is 19.1. The minimum Gasteiger partial charge on any atom is -0.462 e. The quantitative estimate of drug-likeness (QED) is 0.722. The molecule has 1 N–H and O–H groups in total. The maximum atomic E-state index is 14.0. The molecule has 0 unspecified atom stereocenters. The van der Waals surface area contributed by atoms with Crippen molar-refractivity contribution in [3.05, 3.63) is 59.4 Å². The van der Waals surface area contributed by atoms with E-state index in [-0.39, 0.29) is 23.5 Å². The molecule has 2 heterocycles. The van der Waals surface area contributed by atoms with E-state index in [1.54, 1.807) is 26.0 Å². The van der Waals surface area contributed by atoms with Gasteiger partial charge in [0.1, 0.15) is 17.2 Å². The molecule has 3 aromatic rings. The van der Waals surface area contributed by atoms with Gasteiger partial charge in [-0.2, -0.15) is 0 Å². The average Bonchev–Trinajstić information content (AvgIpc) is 2.58. The number of anilines is 2. The molecule has 3 rings (SSSR count). The number of aryl methyl sites for hydroxylation is 1. The van der Waals surface area contributed by atoms with Crippen molar-refractivity contribution in [1.29, 1.82) is 0 Å². The Hall–Kier alpha value is -3.09. The van der Waals surface area contributed by atoms with Crippen LogP contribution in [0, 0.1) is 18.6 Å². The summed E-state index contributed by atoms with van der Waals surface area (Å²) in [4.78, 5) is 20.7. The first-order chi connectivity index (χ1) is 12.0. The molecule has 5 nitrogen and oxygen atoms in total. The summed E-state index contributed by atoms with van der Waals surface area (Å²) in [6.45, 7) is 3.66. The predicted octanol–water partition coefficient (Wildman–Crippen LogP) is 4.14. The lowest BCUT2D eigenvalue weighted by molar-refractivity contribution is 0.0527. The van der Waals surface area contributed by atoms with Crippen LogP contribution in [0.3, 0.4) is 0 Å². The smallest absolute Gasteiger partial charge is 0.341 e. The van der Waals surface area contributed by atoms with Crippen molar-refractivity contribution >= 4 is 28.4 Å². The lowest BCUT2D eigenvalue weighted by atomic mass is 10.1. The molecule has 0 amide bonds. The summed E-state index contributed by atoms with van der Waals surface area (Å²) in [6, 6.07) is 6.49. The van der Waals surface area contributed by atoms with Crippen LogP contribution < -0.4 is 5.32 Å². The Morgan fingerprint density at radius 2 is 2.04 bits per heavy atom. The highest BCUT2D eigenvalue weighted by molar-refractivity contribution is 6.05. The van der Waals surface area contributed by atoms with E-state index in [4.69, 9.17) is 4.74 Å². The van der Waals surface area contributed by atoms with Crippen LogP contribution in [-0.2, 0) is 4.74 Å². The Bertz CT molecular complexity index is 960. The van der Waals surface area contributed by atoms with Gasteiger partial charge < -0.3 is 10.1 Å². The van der Waals surface area contributed by atoms with Crippen LogP contribution in [0.1, 0.15) is 23.0 Å². The summed E-state index contributed by atoms with van der Waals surface area (Å²) in [5, 5.41) is 3.29. The fraction of sp³-hybridized carbons (Fsp3) is 0.167. The van der Waals surface area contributed by atoms with Crippen LogP contribution in [0.5, 0.6) is 0 Å². The number of ether oxygens (including phenoxy) is 1. The van der Waals surface area contributed by atoms with Gasteiger partial charge in [0.2, 0.25) is 0 Å². The molecule has 0 spiro atoms. The third-order valence-corrected chi connectivity index (χ3v) is 3.55. The molecule has 0 bridgehead atoms. The number of nitrogens with one attached hydrogen (secondary N) is 1. The van der Waals surface area contributed by atoms with Crippen molar-refractivity contribution in [1.82, 2.24) is 9.97 Å². The molecule has 0 aliphatic heterocycles. The molecule has 1 aromatic carbocycles. The average molecular weight is 343 g/mol. The van der Waals surface area contributed by atoms with Crippen molar-refractivity contribution in [2.75, 3.05) is 11.9 Å². The van der Waals surface area contributed by atoms with Gasteiger partial charge >= 0.3 is 5.97 Å². The number of hydrogen-bond donors (Lipinski definition) is 1. The molecular weight excluding hydrogens is 328 g/mol. The van der Waals surface area contributed by atoms with E-state index >= 15 is 0 Å². The van der Waals surface area contributed by atoms with Gasteiger partial charge in [-0.05, 0) is 38.1 Å². The van der Waals surface area contributed by atoms with Gasteiger partial charge in [0, 0.05) is 23.3 Å². The minimum atomic E-state index is -0.652. The monoisotopic (exact) mass is 343 g/mol. The first-order valence-corrected chi connectivity index (χ1v) is 7.65. The number of halogens is 2. The highest BCUT2D eigenvalue weighted by Crippen LogP contribution is 2.30. The Labute approximate surface area is 142 Å². The Kier molecular flexibility index (Phi) is 4.56. The number of pyridine rings is 2. The Morgan fingerprint density at radius 3 is 2.80 bits per heavy atom. The van der Waals surface area contributed by atoms with Gasteiger partial charge in [-0.3, -0.25) is 0 Å². The van der Waals surface area contributed by atoms with Gasteiger partial charge in [0.15, 0.2) is 5.65 Å². The molecule has 7 heteroatoms. The molecule has 0 radical (unpaired) electrons. The van der Waals surface area contributed by atoms with Gasteiger partial charge in [-0.1, -0.05) is 0 Å². The summed E-state index contributed by atoms with van der Waals surface area (Å²) in [5.74, 6) is -1.87. The van der Waals surface area contributed by atoms with E-state index in [1.165, 1.54) is 6.20 Å². The number of esters is 1. The van der Waals surface area contributed by atoms with Crippen LogP contribution in [0.4, 0.5) is 20.2 Å². The van der Waals surface area contributed by atoms with Gasteiger partial charge in [0.05, 0.1) is 18.0 Å². The first kappa shape index (κ1) is 16.8. The number of fused-ring (bicyclic) bond motifs is 1. The second kappa shape index (κ2) is 6.80. The summed E-state index contributed by atoms with van der Waals surface area (Å²) in [5.41, 5.74) is 1.40. The molecule has 0 saturated heterocycles. The van der Waals surface area contributed by atoms with E-state index in [0.717, 1.165) is 23.9 Å². The van der Waals surface area contributed by atoms with Gasteiger partial charge in [-0.25, -0.2) is 23.5 Å². The van der Waals surface area contributed by atoms with Crippen LogP contribution in [-0.4, -0.2) is 22.5 Å². The number of aromatic nitrogens is 2. The minimum absolute atomic E-state index is 0.0985. The molecule has 128 valence electrons. The van der Waals surface area contributed by atoms with E-state index in [2.05, 4.69) is 15.3 Å². The van der Waals surface area contributed by atoms with Gasteiger partial charge in [0.25, 0.3) is 0 Å². The Balaban J connectivity index is 2.19. The van der Waals surface area contributed by atoms with Crippen molar-refractivity contribution in [2.24, 2.45) is 0 Å². The lowest BCUT2D eigenvalue weighted by Crippen LogP contribution is -2.10. The zero-order valence-corrected chi connectivity index (χ0v) is 13.6. The van der Waals surface area contributed by atoms with Crippen LogP contribution >= 0.6 is 0 Å². The van der Waals surface area contributed by atoms with E-state index < -0.39 is 17.6 Å². The van der Waals surface area contributed by atoms with Crippen molar-refractivity contribution in [2.45, 2.75) is 13.8 Å². The zero-order valence-electron chi connectivity index (χ0n) is 13.6. The Morgan fingerprint density at radius 1 is 1.24 bits per heavy atom. The van der Waals surface area contributed by atoms with Crippen molar-refractivity contribution < 1.29 is 18.3 Å². The van der Waals surface area contributed by atoms with E-state index in [0.29, 0.717) is 11.0 Å². The number of benzene rings is 1. The topological polar surface area (TPSA) is 64.1 Å². The second-order valence-electron chi connectivity index (χ2n) is 5.34. The second-order valence-corrected chi connectivity index (χ2v) is 5.34. The fourth-order valence-electron chi connectivity index (χ4n) is 2.40. The number of carbonyl (C=O) groups is 1. The molecular formula is C18H15F2N3O2.